The number of sulfonamides is 1. The van der Waals surface area contributed by atoms with Crippen LogP contribution in [0.25, 0.3) is 0 Å². The maximum absolute atomic E-state index is 12.9. The summed E-state index contributed by atoms with van der Waals surface area (Å²) < 4.78 is 65.7. The monoisotopic (exact) mass is 372 g/mol. The number of nitrogens with one attached hydrogen (secondary N) is 2. The van der Waals surface area contributed by atoms with Crippen LogP contribution in [0.2, 0.25) is 0 Å². The van der Waals surface area contributed by atoms with Gasteiger partial charge in [-0.05, 0) is 43.5 Å². The van der Waals surface area contributed by atoms with Crippen molar-refractivity contribution in [1.29, 1.82) is 0 Å². The van der Waals surface area contributed by atoms with Crippen LogP contribution in [-0.2, 0) is 16.2 Å². The van der Waals surface area contributed by atoms with Gasteiger partial charge < -0.3 is 5.32 Å². The molecule has 0 aromatic heterocycles. The first kappa shape index (κ1) is 20.2. The molecule has 1 fully saturated rings. The Morgan fingerprint density at radius 1 is 1.22 bits per heavy atom. The molecule has 1 aliphatic heterocycles. The molecule has 1 aromatic rings. The quantitative estimate of drug-likeness (QED) is 0.854. The normalized spacial score (nSPS) is 18.3. The summed E-state index contributed by atoms with van der Waals surface area (Å²) in [6, 6.07) is 4.22. The highest BCUT2D eigenvalue weighted by molar-refractivity contribution is 7.89. The first-order valence-corrected chi connectivity index (χ1v) is 8.49. The van der Waals surface area contributed by atoms with Crippen molar-refractivity contribution in [2.24, 2.45) is 5.41 Å². The van der Waals surface area contributed by atoms with Gasteiger partial charge in [0.05, 0.1) is 10.5 Å². The van der Waals surface area contributed by atoms with Crippen LogP contribution in [0, 0.1) is 5.41 Å². The molecule has 0 bridgehead atoms. The summed E-state index contributed by atoms with van der Waals surface area (Å²) in [6.45, 7) is 3.62. The first-order valence-electron chi connectivity index (χ1n) is 7.01. The van der Waals surface area contributed by atoms with Crippen molar-refractivity contribution >= 4 is 22.4 Å². The Bertz CT molecular complexity index is 629. The molecule has 0 unspecified atom stereocenters. The molecular formula is C14H20ClF3N2O2S. The molecule has 2 rings (SSSR count). The third kappa shape index (κ3) is 5.07. The second-order valence-electron chi connectivity index (χ2n) is 5.88. The average Bonchev–Trinajstić information content (AvgIpc) is 2.45. The Morgan fingerprint density at radius 2 is 1.78 bits per heavy atom. The third-order valence-electron chi connectivity index (χ3n) is 3.98. The summed E-state index contributed by atoms with van der Waals surface area (Å²) >= 11 is 0. The van der Waals surface area contributed by atoms with Gasteiger partial charge in [-0.1, -0.05) is 19.1 Å². The second-order valence-corrected chi connectivity index (χ2v) is 7.61. The lowest BCUT2D eigenvalue weighted by molar-refractivity contribution is -0.139. The summed E-state index contributed by atoms with van der Waals surface area (Å²) in [6.07, 6.45) is -3.16. The molecule has 1 heterocycles. The topological polar surface area (TPSA) is 58.2 Å². The fourth-order valence-corrected chi connectivity index (χ4v) is 3.91. The number of piperidine rings is 1. The molecule has 0 saturated carbocycles. The predicted molar refractivity (Wildman–Crippen MR) is 84.1 cm³/mol. The van der Waals surface area contributed by atoms with E-state index in [1.807, 2.05) is 6.92 Å². The standard InChI is InChI=1S/C14H19F3N2O2S.ClH/c1-13(6-8-18-9-7-13)10-19-22(20,21)12-5-3-2-4-11(12)14(15,16)17;/h2-5,18-19H,6-10H2,1H3;1H. The highest BCUT2D eigenvalue weighted by Crippen LogP contribution is 2.34. The highest BCUT2D eigenvalue weighted by atomic mass is 35.5. The third-order valence-corrected chi connectivity index (χ3v) is 5.44. The summed E-state index contributed by atoms with van der Waals surface area (Å²) in [7, 11) is -4.20. The van der Waals surface area contributed by atoms with E-state index in [2.05, 4.69) is 10.0 Å². The summed E-state index contributed by atoms with van der Waals surface area (Å²) in [5.41, 5.74) is -1.39. The van der Waals surface area contributed by atoms with Gasteiger partial charge >= 0.3 is 6.18 Å². The number of hydrogen-bond donors (Lipinski definition) is 2. The van der Waals surface area contributed by atoms with Crippen LogP contribution in [0.5, 0.6) is 0 Å². The lowest BCUT2D eigenvalue weighted by Crippen LogP contribution is -2.43. The lowest BCUT2D eigenvalue weighted by atomic mass is 9.81. The second kappa shape index (κ2) is 7.38. The van der Waals surface area contributed by atoms with E-state index in [0.29, 0.717) is 0 Å². The first-order chi connectivity index (χ1) is 10.1. The van der Waals surface area contributed by atoms with Crippen molar-refractivity contribution in [3.8, 4) is 0 Å². The zero-order valence-electron chi connectivity index (χ0n) is 12.6. The molecule has 4 nitrogen and oxygen atoms in total. The van der Waals surface area contributed by atoms with Crippen molar-refractivity contribution in [2.75, 3.05) is 19.6 Å². The van der Waals surface area contributed by atoms with Crippen molar-refractivity contribution in [2.45, 2.75) is 30.8 Å². The van der Waals surface area contributed by atoms with Crippen LogP contribution in [0.3, 0.4) is 0 Å². The number of hydrogen-bond acceptors (Lipinski definition) is 3. The molecular weight excluding hydrogens is 353 g/mol. The Balaban J connectivity index is 0.00000264. The smallest absolute Gasteiger partial charge is 0.317 e. The maximum Gasteiger partial charge on any atom is 0.417 e. The largest absolute Gasteiger partial charge is 0.417 e. The minimum Gasteiger partial charge on any atom is -0.317 e. The van der Waals surface area contributed by atoms with E-state index in [1.54, 1.807) is 0 Å². The predicted octanol–water partition coefficient (Wildman–Crippen LogP) is 2.80. The number of rotatable bonds is 4. The van der Waals surface area contributed by atoms with Crippen molar-refractivity contribution in [1.82, 2.24) is 10.0 Å². The fraction of sp³-hybridized carbons (Fsp3) is 0.571. The molecule has 0 spiro atoms. The molecule has 23 heavy (non-hydrogen) atoms. The number of halogens is 4. The van der Waals surface area contributed by atoms with Gasteiger partial charge in [0.2, 0.25) is 10.0 Å². The summed E-state index contributed by atoms with van der Waals surface area (Å²) in [4.78, 5) is -0.722. The van der Waals surface area contributed by atoms with Crippen LogP contribution in [0.1, 0.15) is 25.3 Å². The van der Waals surface area contributed by atoms with E-state index in [9.17, 15) is 21.6 Å². The zero-order valence-corrected chi connectivity index (χ0v) is 14.2. The molecule has 9 heteroatoms. The van der Waals surface area contributed by atoms with E-state index in [4.69, 9.17) is 0 Å². The van der Waals surface area contributed by atoms with Crippen LogP contribution >= 0.6 is 12.4 Å². The minimum absolute atomic E-state index is 0. The Morgan fingerprint density at radius 3 is 2.35 bits per heavy atom. The van der Waals surface area contributed by atoms with Gasteiger partial charge in [-0.25, -0.2) is 13.1 Å². The molecule has 1 aliphatic rings. The number of alkyl halides is 3. The minimum atomic E-state index is -4.70. The molecule has 0 radical (unpaired) electrons. The lowest BCUT2D eigenvalue weighted by Gasteiger charge is -2.34. The van der Waals surface area contributed by atoms with Crippen LogP contribution in [-0.4, -0.2) is 28.1 Å². The molecule has 0 amide bonds. The van der Waals surface area contributed by atoms with Gasteiger partial charge in [0.15, 0.2) is 0 Å². The Kier molecular flexibility index (Phi) is 6.48. The van der Waals surface area contributed by atoms with E-state index in [0.717, 1.165) is 38.1 Å². The van der Waals surface area contributed by atoms with Crippen molar-refractivity contribution in [3.05, 3.63) is 29.8 Å². The zero-order chi connectivity index (χ0) is 16.4. The summed E-state index contributed by atoms with van der Waals surface area (Å²) in [5.74, 6) is 0. The van der Waals surface area contributed by atoms with E-state index in [-0.39, 0.29) is 24.4 Å². The van der Waals surface area contributed by atoms with Crippen LogP contribution in [0.15, 0.2) is 29.2 Å². The van der Waals surface area contributed by atoms with Crippen molar-refractivity contribution < 1.29 is 21.6 Å². The average molecular weight is 373 g/mol. The molecule has 132 valence electrons. The van der Waals surface area contributed by atoms with E-state index >= 15 is 0 Å². The highest BCUT2D eigenvalue weighted by Gasteiger charge is 2.37. The fourth-order valence-electron chi connectivity index (χ4n) is 2.49. The summed E-state index contributed by atoms with van der Waals surface area (Å²) in [5, 5.41) is 3.17. The van der Waals surface area contributed by atoms with Gasteiger partial charge in [-0.15, -0.1) is 12.4 Å². The Labute approximate surface area is 140 Å². The van der Waals surface area contributed by atoms with Crippen molar-refractivity contribution in [3.63, 3.8) is 0 Å². The van der Waals surface area contributed by atoms with Gasteiger partial charge in [0, 0.05) is 6.54 Å². The van der Waals surface area contributed by atoms with Gasteiger partial charge in [0.25, 0.3) is 0 Å². The van der Waals surface area contributed by atoms with E-state index in [1.165, 1.54) is 12.1 Å². The SMILES string of the molecule is CC1(CNS(=O)(=O)c2ccccc2C(F)(F)F)CCNCC1.Cl. The van der Waals surface area contributed by atoms with E-state index < -0.39 is 26.7 Å². The Hall–Kier alpha value is -0.830. The molecule has 0 atom stereocenters. The molecule has 0 aliphatic carbocycles. The van der Waals surface area contributed by atoms with Crippen LogP contribution in [0.4, 0.5) is 13.2 Å². The van der Waals surface area contributed by atoms with Gasteiger partial charge in [-0.2, -0.15) is 13.2 Å². The number of benzene rings is 1. The maximum atomic E-state index is 12.9. The van der Waals surface area contributed by atoms with Gasteiger partial charge in [0.1, 0.15) is 0 Å². The van der Waals surface area contributed by atoms with Crippen LogP contribution < -0.4 is 10.0 Å². The molecule has 2 N–H and O–H groups in total. The van der Waals surface area contributed by atoms with Gasteiger partial charge in [-0.3, -0.25) is 0 Å². The molecule has 1 saturated heterocycles. The molecule has 1 aromatic carbocycles.